The normalized spacial score (nSPS) is 10.2. The van der Waals surface area contributed by atoms with Gasteiger partial charge in [-0.2, -0.15) is 0 Å². The molecule has 0 aliphatic carbocycles. The van der Waals surface area contributed by atoms with Gasteiger partial charge < -0.3 is 10.1 Å². The van der Waals surface area contributed by atoms with Crippen molar-refractivity contribution < 1.29 is 4.74 Å². The summed E-state index contributed by atoms with van der Waals surface area (Å²) in [5, 5.41) is 3.60. The molecule has 0 spiro atoms. The fraction of sp³-hybridized carbons (Fsp3) is 0.235. The smallest absolute Gasteiger partial charge is 0.180 e. The molecule has 0 aliphatic heterocycles. The van der Waals surface area contributed by atoms with Gasteiger partial charge in [-0.3, -0.25) is 5.43 Å². The maximum Gasteiger partial charge on any atom is 0.180 e. The fourth-order valence-electron chi connectivity index (χ4n) is 1.97. The standard InChI is InChI=1S/C17H20BrN3OS/c1-2-19-17(23)21-20-11-14-8-9-15(18)10-16(14)22-12-13-6-4-3-5-7-13/h3-10,20H,2,11-12H2,1H3,(H2,19,21,23). The van der Waals surface area contributed by atoms with Crippen LogP contribution in [0.15, 0.2) is 53.0 Å². The van der Waals surface area contributed by atoms with Crippen molar-refractivity contribution in [1.29, 1.82) is 0 Å². The molecule has 0 radical (unpaired) electrons. The monoisotopic (exact) mass is 393 g/mol. The summed E-state index contributed by atoms with van der Waals surface area (Å²) in [6.07, 6.45) is 0. The predicted molar refractivity (Wildman–Crippen MR) is 101 cm³/mol. The van der Waals surface area contributed by atoms with Crippen molar-refractivity contribution >= 4 is 33.3 Å². The number of hydrazine groups is 1. The van der Waals surface area contributed by atoms with Gasteiger partial charge in [-0.15, -0.1) is 0 Å². The van der Waals surface area contributed by atoms with Crippen molar-refractivity contribution in [3.63, 3.8) is 0 Å². The number of ether oxygens (including phenoxy) is 1. The maximum absolute atomic E-state index is 5.96. The van der Waals surface area contributed by atoms with Crippen molar-refractivity contribution in [3.8, 4) is 5.75 Å². The largest absolute Gasteiger partial charge is 0.489 e. The molecule has 0 amide bonds. The quantitative estimate of drug-likeness (QED) is 0.496. The van der Waals surface area contributed by atoms with Gasteiger partial charge in [0.15, 0.2) is 5.11 Å². The second kappa shape index (κ2) is 9.50. The Balaban J connectivity index is 1.95. The number of rotatable bonds is 7. The molecule has 0 unspecified atom stereocenters. The van der Waals surface area contributed by atoms with Gasteiger partial charge in [0.2, 0.25) is 0 Å². The first-order valence-electron chi connectivity index (χ1n) is 7.41. The highest BCUT2D eigenvalue weighted by atomic mass is 79.9. The fourth-order valence-corrected chi connectivity index (χ4v) is 2.53. The van der Waals surface area contributed by atoms with Gasteiger partial charge in [0.25, 0.3) is 0 Å². The molecule has 0 heterocycles. The van der Waals surface area contributed by atoms with E-state index in [9.17, 15) is 0 Å². The van der Waals surface area contributed by atoms with Crippen LogP contribution >= 0.6 is 28.1 Å². The van der Waals surface area contributed by atoms with Gasteiger partial charge in [-0.1, -0.05) is 52.3 Å². The van der Waals surface area contributed by atoms with Crippen LogP contribution in [-0.2, 0) is 13.2 Å². The van der Waals surface area contributed by atoms with Gasteiger partial charge in [0.05, 0.1) is 0 Å². The average molecular weight is 394 g/mol. The Morgan fingerprint density at radius 3 is 2.70 bits per heavy atom. The van der Waals surface area contributed by atoms with Gasteiger partial charge in [0.1, 0.15) is 12.4 Å². The SMILES string of the molecule is CCNC(=S)NNCc1ccc(Br)cc1OCc1ccccc1. The zero-order valence-corrected chi connectivity index (χ0v) is 15.3. The second-order valence-corrected chi connectivity index (χ2v) is 6.19. The molecule has 0 saturated carbocycles. The number of nitrogens with one attached hydrogen (secondary N) is 3. The van der Waals surface area contributed by atoms with Crippen LogP contribution < -0.4 is 20.9 Å². The van der Waals surface area contributed by atoms with E-state index in [1.54, 1.807) is 0 Å². The number of hydrogen-bond donors (Lipinski definition) is 3. The lowest BCUT2D eigenvalue weighted by atomic mass is 10.2. The molecule has 2 aromatic rings. The van der Waals surface area contributed by atoms with E-state index in [0.717, 1.165) is 27.9 Å². The summed E-state index contributed by atoms with van der Waals surface area (Å²) in [5.74, 6) is 0.840. The molecule has 4 nitrogen and oxygen atoms in total. The summed E-state index contributed by atoms with van der Waals surface area (Å²) in [7, 11) is 0. The van der Waals surface area contributed by atoms with Gasteiger partial charge in [-0.05, 0) is 36.8 Å². The number of halogens is 1. The molecule has 0 atom stereocenters. The maximum atomic E-state index is 5.96. The van der Waals surface area contributed by atoms with Crippen molar-refractivity contribution in [3.05, 3.63) is 64.1 Å². The van der Waals surface area contributed by atoms with E-state index in [0.29, 0.717) is 18.3 Å². The van der Waals surface area contributed by atoms with E-state index in [2.05, 4.69) is 32.1 Å². The molecule has 2 rings (SSSR count). The highest BCUT2D eigenvalue weighted by Crippen LogP contribution is 2.24. The topological polar surface area (TPSA) is 45.3 Å². The summed E-state index contributed by atoms with van der Waals surface area (Å²) in [4.78, 5) is 0. The van der Waals surface area contributed by atoms with Crippen molar-refractivity contribution in [2.24, 2.45) is 0 Å². The Morgan fingerprint density at radius 1 is 1.17 bits per heavy atom. The minimum absolute atomic E-state index is 0.535. The van der Waals surface area contributed by atoms with E-state index in [4.69, 9.17) is 17.0 Å². The van der Waals surface area contributed by atoms with E-state index >= 15 is 0 Å². The highest BCUT2D eigenvalue weighted by molar-refractivity contribution is 9.10. The van der Waals surface area contributed by atoms with Gasteiger partial charge in [0, 0.05) is 23.1 Å². The molecular formula is C17H20BrN3OS. The van der Waals surface area contributed by atoms with Crippen LogP contribution in [0.25, 0.3) is 0 Å². The Hall–Kier alpha value is -1.63. The minimum atomic E-state index is 0.535. The molecule has 2 aromatic carbocycles. The summed E-state index contributed by atoms with van der Waals surface area (Å²) < 4.78 is 6.95. The molecule has 23 heavy (non-hydrogen) atoms. The third kappa shape index (κ3) is 6.17. The lowest BCUT2D eigenvalue weighted by Gasteiger charge is -2.14. The van der Waals surface area contributed by atoms with Crippen LogP contribution in [-0.4, -0.2) is 11.7 Å². The Kier molecular flexibility index (Phi) is 7.32. The van der Waals surface area contributed by atoms with Gasteiger partial charge in [-0.25, -0.2) is 5.43 Å². The van der Waals surface area contributed by atoms with Crippen LogP contribution in [0, 0.1) is 0 Å². The molecule has 0 aromatic heterocycles. The van der Waals surface area contributed by atoms with E-state index in [1.165, 1.54) is 0 Å². The van der Waals surface area contributed by atoms with E-state index in [-0.39, 0.29) is 0 Å². The number of benzene rings is 2. The third-order valence-electron chi connectivity index (χ3n) is 3.08. The summed E-state index contributed by atoms with van der Waals surface area (Å²) in [5.41, 5.74) is 8.23. The first-order chi connectivity index (χ1) is 11.2. The lowest BCUT2D eigenvalue weighted by molar-refractivity contribution is 0.301. The van der Waals surface area contributed by atoms with Crippen LogP contribution in [0.1, 0.15) is 18.1 Å². The molecule has 3 N–H and O–H groups in total. The zero-order chi connectivity index (χ0) is 16.5. The molecular weight excluding hydrogens is 374 g/mol. The Morgan fingerprint density at radius 2 is 1.96 bits per heavy atom. The second-order valence-electron chi connectivity index (χ2n) is 4.86. The lowest BCUT2D eigenvalue weighted by Crippen LogP contribution is -2.43. The number of thiocarbonyl (C=S) groups is 1. The summed E-state index contributed by atoms with van der Waals surface area (Å²) in [6.45, 7) is 3.92. The predicted octanol–water partition coefficient (Wildman–Crippen LogP) is 3.52. The molecule has 0 aliphatic rings. The van der Waals surface area contributed by atoms with E-state index in [1.807, 2.05) is 55.5 Å². The highest BCUT2D eigenvalue weighted by Gasteiger charge is 2.05. The van der Waals surface area contributed by atoms with Gasteiger partial charge >= 0.3 is 0 Å². The minimum Gasteiger partial charge on any atom is -0.489 e. The Labute approximate surface area is 150 Å². The van der Waals surface area contributed by atoms with Crippen molar-refractivity contribution in [1.82, 2.24) is 16.2 Å². The molecule has 0 saturated heterocycles. The van der Waals surface area contributed by atoms with E-state index < -0.39 is 0 Å². The third-order valence-corrected chi connectivity index (χ3v) is 3.82. The summed E-state index contributed by atoms with van der Waals surface area (Å²) in [6, 6.07) is 16.1. The van der Waals surface area contributed by atoms with Crippen LogP contribution in [0.2, 0.25) is 0 Å². The molecule has 0 bridgehead atoms. The van der Waals surface area contributed by atoms with Crippen molar-refractivity contribution in [2.75, 3.05) is 6.54 Å². The first-order valence-corrected chi connectivity index (χ1v) is 8.61. The molecule has 122 valence electrons. The van der Waals surface area contributed by atoms with Crippen LogP contribution in [0.3, 0.4) is 0 Å². The van der Waals surface area contributed by atoms with Crippen molar-refractivity contribution in [2.45, 2.75) is 20.1 Å². The van der Waals surface area contributed by atoms with Crippen LogP contribution in [0.5, 0.6) is 5.75 Å². The Bertz CT molecular complexity index is 637. The van der Waals surface area contributed by atoms with Crippen LogP contribution in [0.4, 0.5) is 0 Å². The molecule has 0 fully saturated rings. The summed E-state index contributed by atoms with van der Waals surface area (Å²) >= 11 is 8.60. The zero-order valence-electron chi connectivity index (χ0n) is 12.9. The average Bonchev–Trinajstić information content (AvgIpc) is 2.56. The molecule has 6 heteroatoms. The first kappa shape index (κ1) is 17.7. The number of hydrogen-bond acceptors (Lipinski definition) is 3.